The summed E-state index contributed by atoms with van der Waals surface area (Å²) in [6.45, 7) is 4.60. The maximum Gasteiger partial charge on any atom is 0.192 e. The second-order valence-corrected chi connectivity index (χ2v) is 5.36. The minimum Gasteiger partial charge on any atom is -0.507 e. The Hall–Kier alpha value is -1.71. The van der Waals surface area contributed by atoms with Crippen molar-refractivity contribution in [2.75, 3.05) is 6.54 Å². The fourth-order valence-corrected chi connectivity index (χ4v) is 2.75. The van der Waals surface area contributed by atoms with Crippen molar-refractivity contribution in [3.8, 4) is 5.75 Å². The predicted molar refractivity (Wildman–Crippen MR) is 71.7 cm³/mol. The zero-order valence-corrected chi connectivity index (χ0v) is 10.8. The van der Waals surface area contributed by atoms with Gasteiger partial charge in [-0.3, -0.25) is 4.99 Å². The van der Waals surface area contributed by atoms with Gasteiger partial charge in [0.15, 0.2) is 5.96 Å². The first-order valence-electron chi connectivity index (χ1n) is 6.46. The molecule has 2 aliphatic rings. The fourth-order valence-electron chi connectivity index (χ4n) is 2.75. The van der Waals surface area contributed by atoms with E-state index in [-0.39, 0.29) is 6.04 Å². The molecule has 4 nitrogen and oxygen atoms in total. The van der Waals surface area contributed by atoms with Crippen LogP contribution in [0.15, 0.2) is 17.1 Å². The molecule has 1 atom stereocenters. The van der Waals surface area contributed by atoms with Crippen molar-refractivity contribution in [1.82, 2.24) is 4.90 Å². The maximum absolute atomic E-state index is 9.85. The van der Waals surface area contributed by atoms with Crippen LogP contribution in [0, 0.1) is 13.8 Å². The summed E-state index contributed by atoms with van der Waals surface area (Å²) in [6.07, 6.45) is 2.42. The van der Waals surface area contributed by atoms with Crippen LogP contribution in [0.4, 0.5) is 0 Å². The molecule has 1 aromatic rings. The van der Waals surface area contributed by atoms with E-state index in [4.69, 9.17) is 5.73 Å². The molecule has 1 heterocycles. The Morgan fingerprint density at radius 2 is 1.89 bits per heavy atom. The average molecular weight is 245 g/mol. The van der Waals surface area contributed by atoms with Crippen LogP contribution in [0.1, 0.15) is 35.6 Å². The van der Waals surface area contributed by atoms with Crippen molar-refractivity contribution in [3.05, 3.63) is 28.8 Å². The summed E-state index contributed by atoms with van der Waals surface area (Å²) < 4.78 is 0. The Balaban J connectivity index is 1.95. The lowest BCUT2D eigenvalue weighted by Gasteiger charge is -2.27. The van der Waals surface area contributed by atoms with Crippen molar-refractivity contribution < 1.29 is 5.11 Å². The molecule has 3 rings (SSSR count). The summed E-state index contributed by atoms with van der Waals surface area (Å²) in [5, 5.41) is 9.85. The van der Waals surface area contributed by atoms with Gasteiger partial charge in [-0.05, 0) is 43.4 Å². The Labute approximate surface area is 107 Å². The number of nitrogens with zero attached hydrogens (tertiary/aromatic N) is 2. The number of aryl methyl sites for hydroxylation is 2. The van der Waals surface area contributed by atoms with Gasteiger partial charge in [0.2, 0.25) is 0 Å². The third-order valence-electron chi connectivity index (χ3n) is 3.86. The molecule has 0 saturated heterocycles. The zero-order chi connectivity index (χ0) is 12.9. The third-order valence-corrected chi connectivity index (χ3v) is 3.86. The maximum atomic E-state index is 9.85. The van der Waals surface area contributed by atoms with Crippen LogP contribution in [0.25, 0.3) is 0 Å². The molecule has 1 aromatic carbocycles. The van der Waals surface area contributed by atoms with E-state index in [0.29, 0.717) is 17.8 Å². The number of aromatic hydroxyl groups is 1. The number of benzene rings is 1. The van der Waals surface area contributed by atoms with Crippen molar-refractivity contribution in [3.63, 3.8) is 0 Å². The van der Waals surface area contributed by atoms with E-state index in [2.05, 4.69) is 22.0 Å². The van der Waals surface area contributed by atoms with Crippen LogP contribution in [0.2, 0.25) is 0 Å². The number of aliphatic imine (C=N–C) groups is 1. The van der Waals surface area contributed by atoms with E-state index >= 15 is 0 Å². The summed E-state index contributed by atoms with van der Waals surface area (Å²) in [5.41, 5.74) is 9.03. The van der Waals surface area contributed by atoms with Gasteiger partial charge >= 0.3 is 0 Å². The first-order valence-corrected chi connectivity index (χ1v) is 6.46. The molecular formula is C14H19N3O. The van der Waals surface area contributed by atoms with E-state index in [1.165, 1.54) is 18.4 Å². The highest BCUT2D eigenvalue weighted by molar-refractivity contribution is 5.81. The average Bonchev–Trinajstić information content (AvgIpc) is 3.09. The SMILES string of the molecule is Cc1cc(C2CN=C(N)N2C2CC2)cc(C)c1O. The molecule has 0 aromatic heterocycles. The molecular weight excluding hydrogens is 226 g/mol. The van der Waals surface area contributed by atoms with E-state index in [1.54, 1.807) is 0 Å². The van der Waals surface area contributed by atoms with Crippen molar-refractivity contribution >= 4 is 5.96 Å². The highest BCUT2D eigenvalue weighted by Crippen LogP contribution is 2.38. The summed E-state index contributed by atoms with van der Waals surface area (Å²) in [6, 6.07) is 4.92. The Bertz CT molecular complexity index is 497. The van der Waals surface area contributed by atoms with Crippen LogP contribution in [-0.2, 0) is 0 Å². The molecule has 18 heavy (non-hydrogen) atoms. The molecule has 1 unspecified atom stereocenters. The number of hydrogen-bond acceptors (Lipinski definition) is 4. The molecule has 4 heteroatoms. The summed E-state index contributed by atoms with van der Waals surface area (Å²) >= 11 is 0. The topological polar surface area (TPSA) is 61.8 Å². The lowest BCUT2D eigenvalue weighted by Crippen LogP contribution is -2.37. The zero-order valence-electron chi connectivity index (χ0n) is 10.8. The molecule has 1 aliphatic carbocycles. The van der Waals surface area contributed by atoms with Gasteiger partial charge < -0.3 is 15.7 Å². The molecule has 1 aliphatic heterocycles. The highest BCUT2D eigenvalue weighted by atomic mass is 16.3. The molecule has 0 bridgehead atoms. The third kappa shape index (κ3) is 1.72. The first kappa shape index (κ1) is 11.4. The number of hydrogen-bond donors (Lipinski definition) is 2. The van der Waals surface area contributed by atoms with Gasteiger partial charge in [0, 0.05) is 6.04 Å². The minimum atomic E-state index is 0.246. The normalized spacial score (nSPS) is 23.3. The molecule has 3 N–H and O–H groups in total. The summed E-state index contributed by atoms with van der Waals surface area (Å²) in [7, 11) is 0. The Kier molecular flexibility index (Phi) is 2.47. The van der Waals surface area contributed by atoms with Gasteiger partial charge in [-0.15, -0.1) is 0 Å². The first-order chi connectivity index (χ1) is 8.58. The lowest BCUT2D eigenvalue weighted by molar-refractivity contribution is 0.337. The number of guanidine groups is 1. The monoisotopic (exact) mass is 245 g/mol. The molecule has 1 fully saturated rings. The van der Waals surface area contributed by atoms with Gasteiger partial charge in [0.1, 0.15) is 5.75 Å². The van der Waals surface area contributed by atoms with Crippen molar-refractivity contribution in [2.24, 2.45) is 10.7 Å². The summed E-state index contributed by atoms with van der Waals surface area (Å²) in [4.78, 5) is 6.62. The minimum absolute atomic E-state index is 0.246. The molecule has 0 spiro atoms. The Morgan fingerprint density at radius 1 is 1.28 bits per heavy atom. The number of phenols is 1. The highest BCUT2D eigenvalue weighted by Gasteiger charge is 2.39. The molecule has 1 saturated carbocycles. The standard InChI is InChI=1S/C14H19N3O/c1-8-5-10(6-9(2)13(8)18)12-7-16-14(15)17(12)11-3-4-11/h5-6,11-12,18H,3-4,7H2,1-2H3,(H2,15,16). The Morgan fingerprint density at radius 3 is 2.44 bits per heavy atom. The molecule has 96 valence electrons. The van der Waals surface area contributed by atoms with Gasteiger partial charge in [0.05, 0.1) is 12.6 Å². The van der Waals surface area contributed by atoms with Gasteiger partial charge in [0.25, 0.3) is 0 Å². The molecule has 0 radical (unpaired) electrons. The van der Waals surface area contributed by atoms with E-state index < -0.39 is 0 Å². The molecule has 0 amide bonds. The van der Waals surface area contributed by atoms with E-state index in [9.17, 15) is 5.11 Å². The smallest absolute Gasteiger partial charge is 0.192 e. The second kappa shape index (κ2) is 3.90. The van der Waals surface area contributed by atoms with Gasteiger partial charge in [-0.1, -0.05) is 12.1 Å². The number of phenolic OH excluding ortho intramolecular Hbond substituents is 1. The van der Waals surface area contributed by atoms with Crippen LogP contribution >= 0.6 is 0 Å². The second-order valence-electron chi connectivity index (χ2n) is 5.36. The van der Waals surface area contributed by atoms with E-state index in [0.717, 1.165) is 17.7 Å². The van der Waals surface area contributed by atoms with Crippen molar-refractivity contribution in [2.45, 2.75) is 38.8 Å². The van der Waals surface area contributed by atoms with Crippen molar-refractivity contribution in [1.29, 1.82) is 0 Å². The lowest BCUT2D eigenvalue weighted by atomic mass is 9.99. The fraction of sp³-hybridized carbons (Fsp3) is 0.500. The largest absolute Gasteiger partial charge is 0.507 e. The predicted octanol–water partition coefficient (Wildman–Crippen LogP) is 1.84. The van der Waals surface area contributed by atoms with Crippen LogP contribution < -0.4 is 5.73 Å². The van der Waals surface area contributed by atoms with Gasteiger partial charge in [-0.2, -0.15) is 0 Å². The van der Waals surface area contributed by atoms with Crippen LogP contribution in [0.5, 0.6) is 5.75 Å². The van der Waals surface area contributed by atoms with Crippen LogP contribution in [-0.4, -0.2) is 28.6 Å². The van der Waals surface area contributed by atoms with Gasteiger partial charge in [-0.25, -0.2) is 0 Å². The van der Waals surface area contributed by atoms with E-state index in [1.807, 2.05) is 13.8 Å². The summed E-state index contributed by atoms with van der Waals surface area (Å²) in [5.74, 6) is 1.06. The number of nitrogens with two attached hydrogens (primary N) is 1. The quantitative estimate of drug-likeness (QED) is 0.835. The number of rotatable bonds is 2. The van der Waals surface area contributed by atoms with Crippen LogP contribution in [0.3, 0.4) is 0 Å².